The van der Waals surface area contributed by atoms with E-state index in [1.165, 1.54) is 28.4 Å². The standard InChI is InChI=1S/C24H24O6.C5H5.Co/c1-13-14(2)24(26)22(18-12-16(28-4)8-10-20(18)30-6)21(23(13)25)17-11-15(27-3)7-9-19(17)29-5;1-2-4-5-3-1;/h7-12H,1-6H3;1-5H;. The van der Waals surface area contributed by atoms with Gasteiger partial charge in [-0.3, -0.25) is 9.59 Å². The van der Waals surface area contributed by atoms with Crippen LogP contribution in [0.4, 0.5) is 0 Å². The average molecular weight is 532 g/mol. The molecule has 0 atom stereocenters. The Morgan fingerprint density at radius 2 is 0.861 bits per heavy atom. The third-order valence-electron chi connectivity index (χ3n) is 5.86. The van der Waals surface area contributed by atoms with Crippen LogP contribution in [0.3, 0.4) is 0 Å². The first kappa shape index (κ1) is 29.2. The van der Waals surface area contributed by atoms with Crippen molar-refractivity contribution in [3.63, 3.8) is 0 Å². The van der Waals surface area contributed by atoms with Crippen molar-refractivity contribution in [3.8, 4) is 23.0 Å². The summed E-state index contributed by atoms with van der Waals surface area (Å²) in [5, 5.41) is 0. The summed E-state index contributed by atoms with van der Waals surface area (Å²) in [7, 11) is 6.10. The van der Waals surface area contributed by atoms with Gasteiger partial charge in [-0.1, -0.05) is 0 Å². The monoisotopic (exact) mass is 532 g/mol. The maximum atomic E-state index is 13.5. The maximum absolute atomic E-state index is 13.5. The van der Waals surface area contributed by atoms with Gasteiger partial charge in [0.05, 0.1) is 28.4 Å². The summed E-state index contributed by atoms with van der Waals surface area (Å²) in [6, 6.07) is 10.3. The van der Waals surface area contributed by atoms with Crippen molar-refractivity contribution in [2.45, 2.75) is 13.8 Å². The Morgan fingerprint density at radius 1 is 0.528 bits per heavy atom. The topological polar surface area (TPSA) is 71.1 Å². The number of carbonyl (C=O) groups excluding carboxylic acids is 2. The van der Waals surface area contributed by atoms with Crippen molar-refractivity contribution < 1.29 is 45.3 Å². The van der Waals surface area contributed by atoms with E-state index in [-0.39, 0.29) is 39.5 Å². The van der Waals surface area contributed by atoms with E-state index in [4.69, 9.17) is 18.9 Å². The smallest absolute Gasteiger partial charge is 0.190 e. The fraction of sp³-hybridized carbons (Fsp3) is 0.207. The quantitative estimate of drug-likeness (QED) is 0.480. The molecule has 0 saturated heterocycles. The van der Waals surface area contributed by atoms with Crippen LogP contribution in [0.2, 0.25) is 0 Å². The molecule has 190 valence electrons. The van der Waals surface area contributed by atoms with Gasteiger partial charge >= 0.3 is 0 Å². The van der Waals surface area contributed by atoms with Crippen LogP contribution in [0.25, 0.3) is 11.1 Å². The number of carbonyl (C=O) groups is 2. The molecule has 7 heteroatoms. The molecule has 0 heterocycles. The molecule has 6 nitrogen and oxygen atoms in total. The third kappa shape index (κ3) is 6.02. The summed E-state index contributed by atoms with van der Waals surface area (Å²) in [6.07, 6.45) is 10.0. The molecule has 36 heavy (non-hydrogen) atoms. The number of benzene rings is 2. The predicted octanol–water partition coefficient (Wildman–Crippen LogP) is 5.14. The fourth-order valence-corrected chi connectivity index (χ4v) is 3.80. The van der Waals surface area contributed by atoms with Gasteiger partial charge in [0.25, 0.3) is 0 Å². The van der Waals surface area contributed by atoms with Crippen molar-refractivity contribution in [2.75, 3.05) is 28.4 Å². The second-order valence-electron chi connectivity index (χ2n) is 7.75. The summed E-state index contributed by atoms with van der Waals surface area (Å²) in [5.74, 6) is 1.49. The van der Waals surface area contributed by atoms with Gasteiger partial charge in [-0.15, -0.1) is 0 Å². The number of ketones is 2. The molecule has 0 aliphatic heterocycles. The molecule has 2 aromatic carbocycles. The first-order valence-electron chi connectivity index (χ1n) is 11.0. The van der Waals surface area contributed by atoms with E-state index in [0.717, 1.165) is 0 Å². The summed E-state index contributed by atoms with van der Waals surface area (Å²) in [4.78, 5) is 26.9. The second kappa shape index (κ2) is 13.3. The number of allylic oxidation sites excluding steroid dienone is 4. The minimum atomic E-state index is -0.251. The molecule has 0 bridgehead atoms. The SMILES string of the molecule is COc1ccc(OC)c(C2=C(c3cc(OC)ccc3OC)C(=O)C(C)=C(C)C2=O)c1.[CH]1[CH][CH][CH][CH]1.[Co]. The molecule has 4 rings (SSSR count). The number of ether oxygens (including phenoxy) is 4. The number of methoxy groups -OCH3 is 4. The molecule has 0 N–H and O–H groups in total. The van der Waals surface area contributed by atoms with E-state index >= 15 is 0 Å². The number of hydrogen-bond acceptors (Lipinski definition) is 6. The molecule has 2 aliphatic rings. The third-order valence-corrected chi connectivity index (χ3v) is 5.86. The molecule has 0 unspecified atom stereocenters. The molecule has 0 aromatic heterocycles. The first-order chi connectivity index (χ1) is 16.9. The second-order valence-corrected chi connectivity index (χ2v) is 7.75. The molecular weight excluding hydrogens is 503 g/mol. The van der Waals surface area contributed by atoms with Crippen molar-refractivity contribution in [2.24, 2.45) is 0 Å². The van der Waals surface area contributed by atoms with E-state index in [0.29, 0.717) is 45.3 Å². The molecule has 1 fully saturated rings. The Balaban J connectivity index is 0.000000678. The van der Waals surface area contributed by atoms with Crippen LogP contribution in [-0.4, -0.2) is 40.0 Å². The Bertz CT molecular complexity index is 1080. The van der Waals surface area contributed by atoms with Crippen LogP contribution < -0.4 is 18.9 Å². The van der Waals surface area contributed by atoms with Crippen LogP contribution in [0, 0.1) is 32.1 Å². The van der Waals surface area contributed by atoms with Gasteiger partial charge in [0.15, 0.2) is 11.6 Å². The predicted molar refractivity (Wildman–Crippen MR) is 136 cm³/mol. The van der Waals surface area contributed by atoms with Gasteiger partial charge in [0.2, 0.25) is 0 Å². The van der Waals surface area contributed by atoms with Crippen LogP contribution in [0.5, 0.6) is 23.0 Å². The molecule has 0 spiro atoms. The molecule has 1 saturated carbocycles. The van der Waals surface area contributed by atoms with E-state index in [1.54, 1.807) is 50.2 Å². The Kier molecular flexibility index (Phi) is 10.8. The zero-order chi connectivity index (χ0) is 25.5. The van der Waals surface area contributed by atoms with E-state index in [9.17, 15) is 9.59 Å². The van der Waals surface area contributed by atoms with E-state index in [2.05, 4.69) is 0 Å². The van der Waals surface area contributed by atoms with Crippen molar-refractivity contribution >= 4 is 22.7 Å². The van der Waals surface area contributed by atoms with Crippen molar-refractivity contribution in [1.82, 2.24) is 0 Å². The number of rotatable bonds is 6. The summed E-state index contributed by atoms with van der Waals surface area (Å²) < 4.78 is 21.7. The summed E-state index contributed by atoms with van der Waals surface area (Å²) in [5.41, 5.74) is 2.22. The normalized spacial score (nSPS) is 15.2. The first-order valence-corrected chi connectivity index (χ1v) is 11.0. The molecular formula is C29H29CoO6. The van der Waals surface area contributed by atoms with Crippen LogP contribution in [0.15, 0.2) is 47.5 Å². The molecule has 2 aliphatic carbocycles. The van der Waals surface area contributed by atoms with Crippen molar-refractivity contribution in [3.05, 3.63) is 90.8 Å². The van der Waals surface area contributed by atoms with Gasteiger partial charge in [-0.25, -0.2) is 0 Å². The Labute approximate surface area is 223 Å². The van der Waals surface area contributed by atoms with Gasteiger partial charge in [-0.2, -0.15) is 0 Å². The molecule has 6 radical (unpaired) electrons. The fourth-order valence-electron chi connectivity index (χ4n) is 3.80. The van der Waals surface area contributed by atoms with Gasteiger partial charge in [0, 0.05) is 50.2 Å². The summed E-state index contributed by atoms with van der Waals surface area (Å²) in [6.45, 7) is 3.31. The Morgan fingerprint density at radius 3 is 1.14 bits per heavy atom. The van der Waals surface area contributed by atoms with Gasteiger partial charge in [0.1, 0.15) is 23.0 Å². The Hall–Kier alpha value is -3.03. The zero-order valence-corrected chi connectivity index (χ0v) is 22.2. The minimum Gasteiger partial charge on any atom is -0.497 e. The largest absolute Gasteiger partial charge is 0.497 e. The number of hydrogen-bond donors (Lipinski definition) is 0. The van der Waals surface area contributed by atoms with Gasteiger partial charge in [-0.05, 0) is 82.3 Å². The molecule has 0 amide bonds. The van der Waals surface area contributed by atoms with E-state index in [1.807, 2.05) is 32.1 Å². The van der Waals surface area contributed by atoms with Crippen LogP contribution >= 0.6 is 0 Å². The zero-order valence-electron chi connectivity index (χ0n) is 21.1. The maximum Gasteiger partial charge on any atom is 0.190 e. The van der Waals surface area contributed by atoms with E-state index < -0.39 is 0 Å². The van der Waals surface area contributed by atoms with Crippen LogP contribution in [0.1, 0.15) is 25.0 Å². The minimum absolute atomic E-state index is 0. The average Bonchev–Trinajstić information content (AvgIpc) is 3.49. The number of Topliss-reactive ketones (excluding diaryl/α,β-unsaturated/α-hetero) is 2. The van der Waals surface area contributed by atoms with Gasteiger partial charge < -0.3 is 18.9 Å². The molecule has 2 aromatic rings. The summed E-state index contributed by atoms with van der Waals surface area (Å²) >= 11 is 0. The van der Waals surface area contributed by atoms with Crippen LogP contribution in [-0.2, 0) is 26.4 Å². The van der Waals surface area contributed by atoms with Crippen molar-refractivity contribution in [1.29, 1.82) is 0 Å².